The number of aromatic nitrogens is 1. The largest absolute Gasteiger partial charge is 0.303 e. The van der Waals surface area contributed by atoms with Gasteiger partial charge in [-0.2, -0.15) is 0 Å². The van der Waals surface area contributed by atoms with E-state index >= 15 is 0 Å². The van der Waals surface area contributed by atoms with Gasteiger partial charge in [-0.05, 0) is 45.4 Å². The van der Waals surface area contributed by atoms with Crippen molar-refractivity contribution in [1.29, 1.82) is 0 Å². The van der Waals surface area contributed by atoms with Crippen molar-refractivity contribution in [2.75, 3.05) is 0 Å². The number of rotatable bonds is 4. The molecule has 1 aromatic carbocycles. The highest BCUT2D eigenvalue weighted by Crippen LogP contribution is 2.30. The summed E-state index contributed by atoms with van der Waals surface area (Å²) in [6.45, 7) is 8.35. The number of hydrogen-bond acceptors (Lipinski definition) is 3. The molecule has 2 aromatic rings. The van der Waals surface area contributed by atoms with E-state index in [0.29, 0.717) is 10.0 Å². The Kier molecular flexibility index (Phi) is 5.08. The molecule has 20 heavy (non-hydrogen) atoms. The van der Waals surface area contributed by atoms with Crippen LogP contribution in [0.2, 0.25) is 10.0 Å². The van der Waals surface area contributed by atoms with Gasteiger partial charge in [0.1, 0.15) is 0 Å². The lowest BCUT2D eigenvalue weighted by molar-refractivity contribution is 0.498. The van der Waals surface area contributed by atoms with E-state index in [1.54, 1.807) is 17.4 Å². The lowest BCUT2D eigenvalue weighted by Gasteiger charge is -2.21. The summed E-state index contributed by atoms with van der Waals surface area (Å²) in [6.07, 6.45) is 0. The summed E-state index contributed by atoms with van der Waals surface area (Å²) in [6, 6.07) is 6.01. The average Bonchev–Trinajstić information content (AvgIpc) is 2.68. The first-order chi connectivity index (χ1) is 9.38. The summed E-state index contributed by atoms with van der Waals surface area (Å²) in [7, 11) is 0. The fourth-order valence-corrected chi connectivity index (χ4v) is 3.85. The van der Waals surface area contributed by atoms with Crippen LogP contribution in [0, 0.1) is 13.8 Å². The van der Waals surface area contributed by atoms with Crippen molar-refractivity contribution < 1.29 is 0 Å². The number of benzene rings is 1. The van der Waals surface area contributed by atoms with Crippen molar-refractivity contribution in [3.05, 3.63) is 49.4 Å². The molecule has 0 fully saturated rings. The van der Waals surface area contributed by atoms with Gasteiger partial charge in [0.15, 0.2) is 0 Å². The van der Waals surface area contributed by atoms with Crippen molar-refractivity contribution in [2.45, 2.75) is 39.8 Å². The zero-order chi connectivity index (χ0) is 14.9. The molecule has 1 heterocycles. The van der Waals surface area contributed by atoms with E-state index in [1.165, 1.54) is 4.88 Å². The van der Waals surface area contributed by atoms with Gasteiger partial charge in [0.05, 0.1) is 10.7 Å². The molecule has 0 saturated heterocycles. The molecule has 2 atom stereocenters. The van der Waals surface area contributed by atoms with E-state index in [0.717, 1.165) is 16.3 Å². The molecular formula is C15H18Cl2N2S. The van der Waals surface area contributed by atoms with Crippen molar-refractivity contribution >= 4 is 34.5 Å². The van der Waals surface area contributed by atoms with Crippen LogP contribution >= 0.6 is 34.5 Å². The normalized spacial score (nSPS) is 14.3. The Bertz CT molecular complexity index is 610. The fraction of sp³-hybridized carbons (Fsp3) is 0.400. The number of hydrogen-bond donors (Lipinski definition) is 1. The van der Waals surface area contributed by atoms with E-state index in [4.69, 9.17) is 23.2 Å². The Morgan fingerprint density at radius 2 is 1.85 bits per heavy atom. The maximum Gasteiger partial charge on any atom is 0.0900 e. The van der Waals surface area contributed by atoms with Crippen LogP contribution in [0.5, 0.6) is 0 Å². The predicted molar refractivity (Wildman–Crippen MR) is 88.0 cm³/mol. The highest BCUT2D eigenvalue weighted by Gasteiger charge is 2.17. The van der Waals surface area contributed by atoms with Crippen molar-refractivity contribution in [2.24, 2.45) is 0 Å². The predicted octanol–water partition coefficient (Wildman–Crippen LogP) is 5.48. The second kappa shape index (κ2) is 6.44. The third-order valence-electron chi connectivity index (χ3n) is 3.26. The van der Waals surface area contributed by atoms with Gasteiger partial charge in [-0.3, -0.25) is 0 Å². The molecule has 0 aliphatic rings. The lowest BCUT2D eigenvalue weighted by Crippen LogP contribution is -2.22. The molecule has 2 rings (SSSR count). The minimum Gasteiger partial charge on any atom is -0.303 e. The molecule has 2 nitrogen and oxygen atoms in total. The molecular weight excluding hydrogens is 311 g/mol. The lowest BCUT2D eigenvalue weighted by atomic mass is 10.1. The van der Waals surface area contributed by atoms with Gasteiger partial charge in [-0.15, -0.1) is 11.3 Å². The molecule has 5 heteroatoms. The number of halogens is 2. The summed E-state index contributed by atoms with van der Waals surface area (Å²) < 4.78 is 0. The molecule has 0 radical (unpaired) electrons. The van der Waals surface area contributed by atoms with E-state index < -0.39 is 0 Å². The van der Waals surface area contributed by atoms with Crippen LogP contribution in [0.25, 0.3) is 0 Å². The first-order valence-electron chi connectivity index (χ1n) is 6.53. The zero-order valence-electron chi connectivity index (χ0n) is 12.0. The molecule has 108 valence electrons. The second-order valence-corrected chi connectivity index (χ2v) is 7.04. The maximum absolute atomic E-state index is 6.26. The van der Waals surface area contributed by atoms with Crippen LogP contribution < -0.4 is 5.32 Å². The average molecular weight is 329 g/mol. The van der Waals surface area contributed by atoms with E-state index in [2.05, 4.69) is 31.1 Å². The van der Waals surface area contributed by atoms with E-state index in [9.17, 15) is 0 Å². The SMILES string of the molecule is Cc1nc(C)c(C(C)NC(C)c2ccc(Cl)cc2Cl)s1. The van der Waals surface area contributed by atoms with Crippen LogP contribution in [0.3, 0.4) is 0 Å². The summed E-state index contributed by atoms with van der Waals surface area (Å²) >= 11 is 13.9. The summed E-state index contributed by atoms with van der Waals surface area (Å²) in [5, 5.41) is 6.03. The molecule has 0 saturated carbocycles. The Morgan fingerprint density at radius 1 is 1.15 bits per heavy atom. The van der Waals surface area contributed by atoms with Crippen molar-refractivity contribution in [3.63, 3.8) is 0 Å². The maximum atomic E-state index is 6.26. The fourth-order valence-electron chi connectivity index (χ4n) is 2.34. The smallest absolute Gasteiger partial charge is 0.0900 e. The van der Waals surface area contributed by atoms with Gasteiger partial charge in [0, 0.05) is 27.0 Å². The van der Waals surface area contributed by atoms with Gasteiger partial charge in [0.25, 0.3) is 0 Å². The van der Waals surface area contributed by atoms with Crippen LogP contribution in [0.4, 0.5) is 0 Å². The molecule has 0 spiro atoms. The highest BCUT2D eigenvalue weighted by atomic mass is 35.5. The second-order valence-electron chi connectivity index (χ2n) is 4.96. The third kappa shape index (κ3) is 3.53. The molecule has 0 aliphatic heterocycles. The topological polar surface area (TPSA) is 24.9 Å². The van der Waals surface area contributed by atoms with Gasteiger partial charge >= 0.3 is 0 Å². The van der Waals surface area contributed by atoms with Gasteiger partial charge in [0.2, 0.25) is 0 Å². The molecule has 0 aliphatic carbocycles. The van der Waals surface area contributed by atoms with Gasteiger partial charge < -0.3 is 5.32 Å². The Labute approximate surface area is 134 Å². The first kappa shape index (κ1) is 15.8. The van der Waals surface area contributed by atoms with E-state index in [1.807, 2.05) is 19.1 Å². The summed E-state index contributed by atoms with van der Waals surface area (Å²) in [4.78, 5) is 5.75. The van der Waals surface area contributed by atoms with Crippen LogP contribution in [0.1, 0.15) is 47.1 Å². The molecule has 0 bridgehead atoms. The first-order valence-corrected chi connectivity index (χ1v) is 8.10. The number of nitrogens with one attached hydrogen (secondary N) is 1. The van der Waals surface area contributed by atoms with Gasteiger partial charge in [-0.25, -0.2) is 4.98 Å². The van der Waals surface area contributed by atoms with Crippen molar-refractivity contribution in [1.82, 2.24) is 10.3 Å². The number of aryl methyl sites for hydroxylation is 2. The van der Waals surface area contributed by atoms with Crippen LogP contribution in [-0.4, -0.2) is 4.98 Å². The van der Waals surface area contributed by atoms with Crippen LogP contribution in [0.15, 0.2) is 18.2 Å². The minimum absolute atomic E-state index is 0.150. The molecule has 2 unspecified atom stereocenters. The molecule has 1 N–H and O–H groups in total. The monoisotopic (exact) mass is 328 g/mol. The minimum atomic E-state index is 0.150. The molecule has 0 amide bonds. The van der Waals surface area contributed by atoms with Crippen LogP contribution in [-0.2, 0) is 0 Å². The Hall–Kier alpha value is -0.610. The quantitative estimate of drug-likeness (QED) is 0.803. The third-order valence-corrected chi connectivity index (χ3v) is 5.08. The number of thiazole rings is 1. The zero-order valence-corrected chi connectivity index (χ0v) is 14.3. The number of nitrogens with zero attached hydrogens (tertiary/aromatic N) is 1. The Balaban J connectivity index is 2.14. The highest BCUT2D eigenvalue weighted by molar-refractivity contribution is 7.11. The summed E-state index contributed by atoms with van der Waals surface area (Å²) in [5.74, 6) is 0. The van der Waals surface area contributed by atoms with E-state index in [-0.39, 0.29) is 12.1 Å². The van der Waals surface area contributed by atoms with Gasteiger partial charge in [-0.1, -0.05) is 29.3 Å². The standard InChI is InChI=1S/C15H18Cl2N2S/c1-8(13-6-5-12(16)7-14(13)17)18-9(2)15-10(3)19-11(4)20-15/h5-9,18H,1-4H3. The molecule has 1 aromatic heterocycles. The Morgan fingerprint density at radius 3 is 2.40 bits per heavy atom. The summed E-state index contributed by atoms with van der Waals surface area (Å²) in [5.41, 5.74) is 2.16. The van der Waals surface area contributed by atoms with Crippen molar-refractivity contribution in [3.8, 4) is 0 Å².